The maximum atomic E-state index is 13.0. The molecule has 2 rings (SSSR count). The number of anilines is 1. The fourth-order valence-electron chi connectivity index (χ4n) is 2.49. The minimum Gasteiger partial charge on any atom is -0.489 e. The fourth-order valence-corrected chi connectivity index (χ4v) is 3.33. The topological polar surface area (TPSA) is 90.9 Å². The Morgan fingerprint density at radius 1 is 1.06 bits per heavy atom. The van der Waals surface area contributed by atoms with Crippen LogP contribution in [0.25, 0.3) is 0 Å². The highest BCUT2D eigenvalue weighted by Crippen LogP contribution is 2.35. The van der Waals surface area contributed by atoms with E-state index in [-0.39, 0.29) is 43.3 Å². The van der Waals surface area contributed by atoms with Gasteiger partial charge in [0.1, 0.15) is 12.4 Å². The van der Waals surface area contributed by atoms with E-state index in [0.29, 0.717) is 4.88 Å². The van der Waals surface area contributed by atoms with Crippen LogP contribution in [0, 0.1) is 6.92 Å². The van der Waals surface area contributed by atoms with Crippen LogP contribution in [0.4, 0.5) is 18.9 Å². The van der Waals surface area contributed by atoms with Crippen molar-refractivity contribution in [3.05, 3.63) is 45.6 Å². The van der Waals surface area contributed by atoms with Crippen molar-refractivity contribution in [1.29, 1.82) is 0 Å². The summed E-state index contributed by atoms with van der Waals surface area (Å²) in [7, 11) is 1.43. The maximum Gasteiger partial charge on any atom is 0.416 e. The number of thiophene rings is 1. The molecule has 0 bridgehead atoms. The van der Waals surface area contributed by atoms with Gasteiger partial charge in [0, 0.05) is 18.4 Å². The Morgan fingerprint density at radius 2 is 1.81 bits per heavy atom. The smallest absolute Gasteiger partial charge is 0.416 e. The molecule has 174 valence electrons. The third-order valence-corrected chi connectivity index (χ3v) is 5.10. The monoisotopic (exact) mass is 473 g/mol. The molecule has 1 aromatic carbocycles. The Labute approximate surface area is 186 Å². The summed E-state index contributed by atoms with van der Waals surface area (Å²) < 4.78 is 54.0. The van der Waals surface area contributed by atoms with E-state index < -0.39 is 30.2 Å². The number of hydrogen-bond donors (Lipinski definition) is 1. The summed E-state index contributed by atoms with van der Waals surface area (Å²) in [5, 5.41) is 2.25. The third-order valence-electron chi connectivity index (χ3n) is 4.06. The average Bonchev–Trinajstić information content (AvgIpc) is 3.17. The molecule has 0 atom stereocenters. The van der Waals surface area contributed by atoms with E-state index in [1.54, 1.807) is 12.1 Å². The van der Waals surface area contributed by atoms with Crippen molar-refractivity contribution in [3.8, 4) is 5.75 Å². The van der Waals surface area contributed by atoms with Crippen LogP contribution in [0.3, 0.4) is 0 Å². The van der Waals surface area contributed by atoms with Crippen molar-refractivity contribution < 1.29 is 41.8 Å². The predicted octanol–water partition coefficient (Wildman–Crippen LogP) is 4.25. The Kier molecular flexibility index (Phi) is 9.21. The number of methoxy groups -OCH3 is 1. The highest BCUT2D eigenvalue weighted by atomic mass is 32.1. The van der Waals surface area contributed by atoms with E-state index in [1.165, 1.54) is 18.4 Å². The van der Waals surface area contributed by atoms with E-state index in [9.17, 15) is 27.6 Å². The number of halogens is 3. The number of nitrogens with one attached hydrogen (secondary N) is 1. The summed E-state index contributed by atoms with van der Waals surface area (Å²) in [5.74, 6) is -1.84. The second-order valence-electron chi connectivity index (χ2n) is 6.59. The van der Waals surface area contributed by atoms with E-state index in [4.69, 9.17) is 14.2 Å². The van der Waals surface area contributed by atoms with Gasteiger partial charge in [0.15, 0.2) is 12.4 Å². The Hall–Kier alpha value is -2.92. The minimum absolute atomic E-state index is 0.00608. The molecule has 1 amide bonds. The van der Waals surface area contributed by atoms with Crippen LogP contribution in [0.5, 0.6) is 5.75 Å². The summed E-state index contributed by atoms with van der Waals surface area (Å²) in [6, 6.07) is 6.09. The summed E-state index contributed by atoms with van der Waals surface area (Å²) in [4.78, 5) is 37.4. The lowest BCUT2D eigenvalue weighted by Gasteiger charge is -2.15. The first-order valence-corrected chi connectivity index (χ1v) is 10.3. The van der Waals surface area contributed by atoms with Crippen LogP contribution >= 0.6 is 11.3 Å². The van der Waals surface area contributed by atoms with Crippen molar-refractivity contribution in [3.63, 3.8) is 0 Å². The molecule has 1 aromatic heterocycles. The fraction of sp³-hybridized carbons (Fsp3) is 0.381. The Balaban J connectivity index is 1.91. The first-order valence-electron chi connectivity index (χ1n) is 9.48. The third kappa shape index (κ3) is 7.97. The molecule has 0 spiro atoms. The number of carbonyl (C=O) groups excluding carboxylic acids is 3. The van der Waals surface area contributed by atoms with E-state index in [1.807, 2.05) is 6.92 Å². The van der Waals surface area contributed by atoms with Gasteiger partial charge in [-0.15, -0.1) is 11.3 Å². The Bertz CT molecular complexity index is 957. The second kappa shape index (κ2) is 11.6. The second-order valence-corrected chi connectivity index (χ2v) is 7.88. The molecule has 0 fully saturated rings. The summed E-state index contributed by atoms with van der Waals surface area (Å²) in [6.07, 6.45) is -4.92. The standard InChI is InChI=1S/C21H22F3NO6S/c1-13-3-7-18(32-13)16(26)5-8-20(28)31-12-19(27)25-15-11-14(21(22,23)24)4-6-17(15)30-10-9-29-2/h3-4,6-7,11H,5,8-10,12H2,1-2H3,(H,25,27). The van der Waals surface area contributed by atoms with Crippen LogP contribution in [-0.2, 0) is 25.2 Å². The highest BCUT2D eigenvalue weighted by molar-refractivity contribution is 7.14. The zero-order chi connectivity index (χ0) is 23.7. The van der Waals surface area contributed by atoms with Crippen molar-refractivity contribution in [2.24, 2.45) is 0 Å². The molecular formula is C21H22F3NO6S. The molecular weight excluding hydrogens is 451 g/mol. The lowest BCUT2D eigenvalue weighted by molar-refractivity contribution is -0.147. The van der Waals surface area contributed by atoms with Gasteiger partial charge < -0.3 is 19.5 Å². The van der Waals surface area contributed by atoms with Crippen LogP contribution in [-0.4, -0.2) is 44.6 Å². The van der Waals surface area contributed by atoms with Gasteiger partial charge in [0.25, 0.3) is 5.91 Å². The quantitative estimate of drug-likeness (QED) is 0.298. The SMILES string of the molecule is COCCOc1ccc(C(F)(F)F)cc1NC(=O)COC(=O)CCC(=O)c1ccc(C)s1. The number of Topliss-reactive ketones (excluding diaryl/α,β-unsaturated/α-hetero) is 1. The number of esters is 1. The molecule has 1 heterocycles. The average molecular weight is 473 g/mol. The summed E-state index contributed by atoms with van der Waals surface area (Å²) >= 11 is 1.31. The number of rotatable bonds is 11. The number of carbonyl (C=O) groups is 3. The molecule has 0 unspecified atom stereocenters. The van der Waals surface area contributed by atoms with Crippen LogP contribution in [0.2, 0.25) is 0 Å². The first kappa shape index (κ1) is 25.3. The van der Waals surface area contributed by atoms with Gasteiger partial charge in [-0.1, -0.05) is 0 Å². The van der Waals surface area contributed by atoms with Crippen molar-refractivity contribution in [2.75, 3.05) is 32.2 Å². The molecule has 7 nitrogen and oxygen atoms in total. The Morgan fingerprint density at radius 3 is 2.44 bits per heavy atom. The van der Waals surface area contributed by atoms with Gasteiger partial charge in [-0.3, -0.25) is 14.4 Å². The highest BCUT2D eigenvalue weighted by Gasteiger charge is 2.31. The lowest BCUT2D eigenvalue weighted by Crippen LogP contribution is -2.22. The minimum atomic E-state index is -4.62. The van der Waals surface area contributed by atoms with Gasteiger partial charge in [-0.05, 0) is 37.3 Å². The van der Waals surface area contributed by atoms with Crippen molar-refractivity contribution >= 4 is 34.7 Å². The largest absolute Gasteiger partial charge is 0.489 e. The molecule has 0 aliphatic rings. The molecule has 0 aliphatic carbocycles. The zero-order valence-electron chi connectivity index (χ0n) is 17.4. The van der Waals surface area contributed by atoms with Crippen molar-refractivity contribution in [2.45, 2.75) is 25.9 Å². The van der Waals surface area contributed by atoms with Crippen LogP contribution in [0.1, 0.15) is 33.0 Å². The number of amides is 1. The normalized spacial score (nSPS) is 11.2. The lowest BCUT2D eigenvalue weighted by atomic mass is 10.1. The molecule has 0 radical (unpaired) electrons. The van der Waals surface area contributed by atoms with Gasteiger partial charge in [0.2, 0.25) is 0 Å². The zero-order valence-corrected chi connectivity index (χ0v) is 18.2. The molecule has 1 N–H and O–H groups in total. The number of ketones is 1. The van der Waals surface area contributed by atoms with E-state index in [0.717, 1.165) is 23.1 Å². The van der Waals surface area contributed by atoms with Gasteiger partial charge in [-0.25, -0.2) is 0 Å². The molecule has 2 aromatic rings. The molecule has 32 heavy (non-hydrogen) atoms. The molecule has 11 heteroatoms. The molecule has 0 aliphatic heterocycles. The van der Waals surface area contributed by atoms with Gasteiger partial charge >= 0.3 is 12.1 Å². The van der Waals surface area contributed by atoms with E-state index >= 15 is 0 Å². The van der Waals surface area contributed by atoms with Gasteiger partial charge in [0.05, 0.1) is 29.2 Å². The number of aryl methyl sites for hydroxylation is 1. The van der Waals surface area contributed by atoms with Crippen molar-refractivity contribution in [1.82, 2.24) is 0 Å². The van der Waals surface area contributed by atoms with Crippen LogP contribution in [0.15, 0.2) is 30.3 Å². The molecule has 0 saturated heterocycles. The number of benzene rings is 1. The summed E-state index contributed by atoms with van der Waals surface area (Å²) in [6.45, 7) is 1.37. The maximum absolute atomic E-state index is 13.0. The first-order chi connectivity index (χ1) is 15.1. The van der Waals surface area contributed by atoms with Gasteiger partial charge in [-0.2, -0.15) is 13.2 Å². The predicted molar refractivity (Wildman–Crippen MR) is 111 cm³/mol. The number of hydrogen-bond acceptors (Lipinski definition) is 7. The summed E-state index contributed by atoms with van der Waals surface area (Å²) in [5.41, 5.74) is -1.20. The number of ether oxygens (including phenoxy) is 3. The van der Waals surface area contributed by atoms with E-state index in [2.05, 4.69) is 5.32 Å². The van der Waals surface area contributed by atoms with Crippen LogP contribution < -0.4 is 10.1 Å². The number of alkyl halides is 3. The molecule has 0 saturated carbocycles.